The first-order chi connectivity index (χ1) is 8.44. The Kier molecular flexibility index (Phi) is 6.13. The van der Waals surface area contributed by atoms with E-state index in [2.05, 4.69) is 31.4 Å². The summed E-state index contributed by atoms with van der Waals surface area (Å²) in [6, 6.07) is 0.385. The molecule has 0 aromatic carbocycles. The lowest BCUT2D eigenvalue weighted by atomic mass is 9.86. The molecule has 0 bridgehead atoms. The maximum Gasteiger partial charge on any atom is 0.237 e. The number of hydrogen-bond acceptors (Lipinski definition) is 2. The molecule has 1 atom stereocenters. The summed E-state index contributed by atoms with van der Waals surface area (Å²) < 4.78 is 0. The van der Waals surface area contributed by atoms with Crippen LogP contribution in [0.15, 0.2) is 0 Å². The zero-order chi connectivity index (χ0) is 13.6. The van der Waals surface area contributed by atoms with Crippen molar-refractivity contribution in [3.8, 4) is 0 Å². The van der Waals surface area contributed by atoms with Gasteiger partial charge in [-0.15, -0.1) is 0 Å². The van der Waals surface area contributed by atoms with Crippen LogP contribution in [-0.2, 0) is 4.79 Å². The van der Waals surface area contributed by atoms with Gasteiger partial charge in [0.05, 0.1) is 6.04 Å². The van der Waals surface area contributed by atoms with E-state index in [1.807, 2.05) is 6.92 Å². The van der Waals surface area contributed by atoms with Gasteiger partial charge >= 0.3 is 0 Å². The van der Waals surface area contributed by atoms with Gasteiger partial charge in [-0.25, -0.2) is 0 Å². The van der Waals surface area contributed by atoms with Crippen molar-refractivity contribution in [2.75, 3.05) is 6.54 Å². The van der Waals surface area contributed by atoms with Gasteiger partial charge in [0.1, 0.15) is 0 Å². The van der Waals surface area contributed by atoms with Crippen LogP contribution in [0.3, 0.4) is 0 Å². The fourth-order valence-electron chi connectivity index (χ4n) is 2.02. The van der Waals surface area contributed by atoms with Gasteiger partial charge in [0.2, 0.25) is 5.91 Å². The minimum Gasteiger partial charge on any atom is -0.352 e. The van der Waals surface area contributed by atoms with Crippen molar-refractivity contribution in [3.63, 3.8) is 0 Å². The predicted octanol–water partition coefficient (Wildman–Crippen LogP) is 2.85. The van der Waals surface area contributed by atoms with Gasteiger partial charge in [-0.2, -0.15) is 0 Å². The third-order valence-corrected chi connectivity index (χ3v) is 3.66. The van der Waals surface area contributed by atoms with Crippen molar-refractivity contribution in [1.29, 1.82) is 0 Å². The highest BCUT2D eigenvalue weighted by Gasteiger charge is 2.26. The number of carbonyl (C=O) groups excluding carboxylic acids is 1. The quantitative estimate of drug-likeness (QED) is 0.621. The molecule has 0 aromatic rings. The molecule has 106 valence electrons. The molecule has 2 N–H and O–H groups in total. The first kappa shape index (κ1) is 15.5. The second kappa shape index (κ2) is 7.13. The molecule has 0 aliphatic heterocycles. The van der Waals surface area contributed by atoms with Gasteiger partial charge < -0.3 is 10.6 Å². The highest BCUT2D eigenvalue weighted by molar-refractivity contribution is 5.81. The van der Waals surface area contributed by atoms with E-state index in [1.54, 1.807) is 0 Å². The van der Waals surface area contributed by atoms with E-state index in [4.69, 9.17) is 0 Å². The van der Waals surface area contributed by atoms with Crippen molar-refractivity contribution in [2.45, 2.75) is 78.3 Å². The first-order valence-electron chi connectivity index (χ1n) is 7.48. The van der Waals surface area contributed by atoms with Gasteiger partial charge in [-0.3, -0.25) is 4.79 Å². The Balaban J connectivity index is 2.18. The number of rotatable bonds is 9. The van der Waals surface area contributed by atoms with E-state index in [9.17, 15) is 4.79 Å². The van der Waals surface area contributed by atoms with Crippen LogP contribution in [0.2, 0.25) is 0 Å². The average molecular weight is 254 g/mol. The van der Waals surface area contributed by atoms with E-state index in [0.717, 1.165) is 19.4 Å². The van der Waals surface area contributed by atoms with Crippen molar-refractivity contribution < 1.29 is 4.79 Å². The van der Waals surface area contributed by atoms with E-state index in [-0.39, 0.29) is 17.4 Å². The molecular weight excluding hydrogens is 224 g/mol. The Morgan fingerprint density at radius 2 is 2.00 bits per heavy atom. The summed E-state index contributed by atoms with van der Waals surface area (Å²) in [4.78, 5) is 11.8. The molecule has 3 heteroatoms. The molecule has 1 saturated carbocycles. The summed E-state index contributed by atoms with van der Waals surface area (Å²) in [7, 11) is 0. The standard InChI is InChI=1S/C15H30N2O/c1-5-6-7-10-15(3,4)11-16-12(2)14(18)17-13-8-9-13/h12-13,16H,5-11H2,1-4H3,(H,17,18). The number of nitrogens with one attached hydrogen (secondary N) is 2. The lowest BCUT2D eigenvalue weighted by Gasteiger charge is -2.27. The van der Waals surface area contributed by atoms with Crippen LogP contribution < -0.4 is 10.6 Å². The second-order valence-corrected chi connectivity index (χ2v) is 6.51. The molecule has 0 radical (unpaired) electrons. The number of carbonyl (C=O) groups is 1. The van der Waals surface area contributed by atoms with Gasteiger partial charge in [-0.1, -0.05) is 40.0 Å². The van der Waals surface area contributed by atoms with E-state index < -0.39 is 0 Å². The van der Waals surface area contributed by atoms with E-state index >= 15 is 0 Å². The van der Waals surface area contributed by atoms with Crippen LogP contribution in [0.1, 0.15) is 66.2 Å². The molecular formula is C15H30N2O. The third-order valence-electron chi connectivity index (χ3n) is 3.66. The summed E-state index contributed by atoms with van der Waals surface area (Å²) in [5.74, 6) is 0.154. The fourth-order valence-corrected chi connectivity index (χ4v) is 2.02. The minimum atomic E-state index is -0.0731. The normalized spacial score (nSPS) is 17.6. The fraction of sp³-hybridized carbons (Fsp3) is 0.933. The van der Waals surface area contributed by atoms with Crippen LogP contribution in [0.5, 0.6) is 0 Å². The van der Waals surface area contributed by atoms with Crippen molar-refractivity contribution in [1.82, 2.24) is 10.6 Å². The summed E-state index contributed by atoms with van der Waals surface area (Å²) >= 11 is 0. The summed E-state index contributed by atoms with van der Waals surface area (Å²) in [5.41, 5.74) is 0.281. The lowest BCUT2D eigenvalue weighted by Crippen LogP contribution is -2.45. The smallest absolute Gasteiger partial charge is 0.237 e. The molecule has 0 saturated heterocycles. The van der Waals surface area contributed by atoms with Crippen LogP contribution in [0.4, 0.5) is 0 Å². The molecule has 0 heterocycles. The van der Waals surface area contributed by atoms with E-state index in [1.165, 1.54) is 25.7 Å². The molecule has 1 fully saturated rings. The van der Waals surface area contributed by atoms with Gasteiger partial charge in [0.15, 0.2) is 0 Å². The monoisotopic (exact) mass is 254 g/mol. The molecule has 0 spiro atoms. The zero-order valence-electron chi connectivity index (χ0n) is 12.5. The molecule has 1 rings (SSSR count). The molecule has 1 aliphatic carbocycles. The number of amides is 1. The summed E-state index contributed by atoms with van der Waals surface area (Å²) in [6.45, 7) is 9.66. The highest BCUT2D eigenvalue weighted by Crippen LogP contribution is 2.23. The molecule has 1 amide bonds. The highest BCUT2D eigenvalue weighted by atomic mass is 16.2. The number of hydrogen-bond donors (Lipinski definition) is 2. The third kappa shape index (κ3) is 6.39. The maximum absolute atomic E-state index is 11.8. The Bertz CT molecular complexity index is 259. The van der Waals surface area contributed by atoms with Gasteiger partial charge in [-0.05, 0) is 31.6 Å². The van der Waals surface area contributed by atoms with Crippen LogP contribution >= 0.6 is 0 Å². The summed E-state index contributed by atoms with van der Waals surface area (Å²) in [6.07, 6.45) is 7.39. The largest absolute Gasteiger partial charge is 0.352 e. The van der Waals surface area contributed by atoms with Crippen LogP contribution in [0, 0.1) is 5.41 Å². The minimum absolute atomic E-state index is 0.0731. The average Bonchev–Trinajstić information content (AvgIpc) is 3.10. The Hall–Kier alpha value is -0.570. The molecule has 0 aromatic heterocycles. The Morgan fingerprint density at radius 3 is 2.56 bits per heavy atom. The summed E-state index contributed by atoms with van der Waals surface area (Å²) in [5, 5.41) is 6.41. The molecule has 1 aliphatic rings. The second-order valence-electron chi connectivity index (χ2n) is 6.51. The zero-order valence-corrected chi connectivity index (χ0v) is 12.5. The first-order valence-corrected chi connectivity index (χ1v) is 7.48. The van der Waals surface area contributed by atoms with Gasteiger partial charge in [0, 0.05) is 12.6 Å². The van der Waals surface area contributed by atoms with Crippen molar-refractivity contribution >= 4 is 5.91 Å². The SMILES string of the molecule is CCCCCC(C)(C)CNC(C)C(=O)NC1CC1. The topological polar surface area (TPSA) is 41.1 Å². The lowest BCUT2D eigenvalue weighted by molar-refractivity contribution is -0.123. The van der Waals surface area contributed by atoms with Crippen LogP contribution in [0.25, 0.3) is 0 Å². The van der Waals surface area contributed by atoms with Crippen molar-refractivity contribution in [2.24, 2.45) is 5.41 Å². The Morgan fingerprint density at radius 1 is 1.33 bits per heavy atom. The molecule has 1 unspecified atom stereocenters. The Labute approximate surface area is 112 Å². The molecule has 3 nitrogen and oxygen atoms in total. The maximum atomic E-state index is 11.8. The van der Waals surface area contributed by atoms with E-state index in [0.29, 0.717) is 6.04 Å². The van der Waals surface area contributed by atoms with Crippen LogP contribution in [-0.4, -0.2) is 24.5 Å². The predicted molar refractivity (Wildman–Crippen MR) is 76.6 cm³/mol. The van der Waals surface area contributed by atoms with Crippen molar-refractivity contribution in [3.05, 3.63) is 0 Å². The van der Waals surface area contributed by atoms with Gasteiger partial charge in [0.25, 0.3) is 0 Å². The number of unbranched alkanes of at least 4 members (excludes halogenated alkanes) is 2. The molecule has 18 heavy (non-hydrogen) atoms.